The van der Waals surface area contributed by atoms with Crippen molar-refractivity contribution in [3.63, 3.8) is 0 Å². The predicted molar refractivity (Wildman–Crippen MR) is 81.6 cm³/mol. The maximum absolute atomic E-state index is 6.25. The van der Waals surface area contributed by atoms with Crippen LogP contribution < -0.4 is 5.32 Å². The molecule has 2 aromatic rings. The van der Waals surface area contributed by atoms with E-state index >= 15 is 0 Å². The second-order valence-corrected chi connectivity index (χ2v) is 5.79. The lowest BCUT2D eigenvalue weighted by Crippen LogP contribution is -2.12. The largest absolute Gasteiger partial charge is 0.355 e. The van der Waals surface area contributed by atoms with Gasteiger partial charge in [-0.3, -0.25) is 4.57 Å². The average molecular weight is 298 g/mol. The van der Waals surface area contributed by atoms with E-state index in [2.05, 4.69) is 24.1 Å². The molecule has 1 aromatic heterocycles. The summed E-state index contributed by atoms with van der Waals surface area (Å²) in [6.45, 7) is 7.13. The van der Waals surface area contributed by atoms with Gasteiger partial charge in [-0.2, -0.15) is 0 Å². The van der Waals surface area contributed by atoms with E-state index in [1.54, 1.807) is 6.07 Å². The van der Waals surface area contributed by atoms with E-state index in [0.29, 0.717) is 16.0 Å². The van der Waals surface area contributed by atoms with Crippen LogP contribution in [0.25, 0.3) is 5.69 Å². The third-order valence-electron chi connectivity index (χ3n) is 2.66. The quantitative estimate of drug-likeness (QED) is 0.897. The molecular weight excluding hydrogens is 281 g/mol. The molecule has 102 valence electrons. The van der Waals surface area contributed by atoms with Crippen molar-refractivity contribution in [2.75, 3.05) is 11.9 Å². The van der Waals surface area contributed by atoms with E-state index in [0.717, 1.165) is 23.9 Å². The van der Waals surface area contributed by atoms with Crippen molar-refractivity contribution in [3.05, 3.63) is 40.1 Å². The highest BCUT2D eigenvalue weighted by atomic mass is 35.5. The van der Waals surface area contributed by atoms with Gasteiger partial charge in [-0.25, -0.2) is 4.98 Å². The molecular formula is C14H17Cl2N3. The summed E-state index contributed by atoms with van der Waals surface area (Å²) >= 11 is 12.2. The highest BCUT2D eigenvalue weighted by Crippen LogP contribution is 2.27. The van der Waals surface area contributed by atoms with E-state index in [-0.39, 0.29) is 0 Å². The molecule has 0 aliphatic carbocycles. The minimum absolute atomic E-state index is 0.547. The van der Waals surface area contributed by atoms with Crippen molar-refractivity contribution in [2.24, 2.45) is 5.92 Å². The number of imidazole rings is 1. The molecule has 3 nitrogen and oxygen atoms in total. The summed E-state index contributed by atoms with van der Waals surface area (Å²) < 4.78 is 1.95. The van der Waals surface area contributed by atoms with Crippen molar-refractivity contribution in [1.82, 2.24) is 9.55 Å². The van der Waals surface area contributed by atoms with Gasteiger partial charge in [-0.15, -0.1) is 0 Å². The second-order valence-electron chi connectivity index (χ2n) is 4.95. The summed E-state index contributed by atoms with van der Waals surface area (Å²) in [7, 11) is 0. The molecule has 0 spiro atoms. The second kappa shape index (κ2) is 5.85. The predicted octanol–water partition coefficient (Wildman–Crippen LogP) is 4.56. The van der Waals surface area contributed by atoms with Crippen LogP contribution in [0.5, 0.6) is 0 Å². The van der Waals surface area contributed by atoms with Gasteiger partial charge < -0.3 is 5.32 Å². The number of anilines is 1. The van der Waals surface area contributed by atoms with Crippen LogP contribution in [0, 0.1) is 12.8 Å². The number of aryl methyl sites for hydroxylation is 1. The molecule has 0 aliphatic rings. The molecule has 2 rings (SSSR count). The lowest BCUT2D eigenvalue weighted by atomic mass is 10.2. The molecule has 0 fully saturated rings. The van der Waals surface area contributed by atoms with Crippen molar-refractivity contribution in [2.45, 2.75) is 20.8 Å². The van der Waals surface area contributed by atoms with E-state index in [9.17, 15) is 0 Å². The third-order valence-corrected chi connectivity index (χ3v) is 3.20. The number of hydrogen-bond acceptors (Lipinski definition) is 2. The number of benzene rings is 1. The topological polar surface area (TPSA) is 29.9 Å². The molecule has 0 saturated heterocycles. The number of aromatic nitrogens is 2. The van der Waals surface area contributed by atoms with E-state index in [1.165, 1.54) is 0 Å². The first-order chi connectivity index (χ1) is 8.97. The Morgan fingerprint density at radius 1 is 1.32 bits per heavy atom. The van der Waals surface area contributed by atoms with Crippen LogP contribution in [0.2, 0.25) is 10.0 Å². The van der Waals surface area contributed by atoms with Gasteiger partial charge in [0.2, 0.25) is 5.95 Å². The molecule has 0 unspecified atom stereocenters. The Kier molecular flexibility index (Phi) is 4.38. The molecule has 5 heteroatoms. The van der Waals surface area contributed by atoms with Gasteiger partial charge >= 0.3 is 0 Å². The van der Waals surface area contributed by atoms with Crippen molar-refractivity contribution < 1.29 is 0 Å². The first-order valence-corrected chi connectivity index (χ1v) is 6.98. The molecule has 0 atom stereocenters. The zero-order chi connectivity index (χ0) is 14.0. The van der Waals surface area contributed by atoms with E-state index in [4.69, 9.17) is 23.2 Å². The zero-order valence-electron chi connectivity index (χ0n) is 11.2. The minimum Gasteiger partial charge on any atom is -0.355 e. The first-order valence-electron chi connectivity index (χ1n) is 6.22. The Morgan fingerprint density at radius 2 is 2.05 bits per heavy atom. The van der Waals surface area contributed by atoms with Crippen LogP contribution in [0.3, 0.4) is 0 Å². The molecule has 0 saturated carbocycles. The number of halogens is 2. The Balaban J connectivity index is 2.38. The standard InChI is InChI=1S/C14H17Cl2N3/c1-9(2)7-17-14-18-10(3)8-19(14)13-5-4-11(15)6-12(13)16/h4-6,8-9H,7H2,1-3H3,(H,17,18). The van der Waals surface area contributed by atoms with Crippen molar-refractivity contribution in [1.29, 1.82) is 0 Å². The lowest BCUT2D eigenvalue weighted by molar-refractivity contribution is 0.683. The maximum Gasteiger partial charge on any atom is 0.207 e. The monoisotopic (exact) mass is 297 g/mol. The highest BCUT2D eigenvalue weighted by Gasteiger charge is 2.11. The Labute approximate surface area is 123 Å². The Hall–Kier alpha value is -1.19. The molecule has 0 aliphatic heterocycles. The molecule has 0 amide bonds. The maximum atomic E-state index is 6.25. The Morgan fingerprint density at radius 3 is 2.68 bits per heavy atom. The number of rotatable bonds is 4. The molecule has 19 heavy (non-hydrogen) atoms. The number of nitrogens with one attached hydrogen (secondary N) is 1. The summed E-state index contributed by atoms with van der Waals surface area (Å²) in [4.78, 5) is 4.48. The summed E-state index contributed by atoms with van der Waals surface area (Å²) in [5.74, 6) is 1.35. The van der Waals surface area contributed by atoms with Crippen LogP contribution in [0.15, 0.2) is 24.4 Å². The van der Waals surface area contributed by atoms with Gasteiger partial charge in [0, 0.05) is 17.8 Å². The van der Waals surface area contributed by atoms with Gasteiger partial charge in [0.15, 0.2) is 0 Å². The number of nitrogens with zero attached hydrogens (tertiary/aromatic N) is 2. The fraction of sp³-hybridized carbons (Fsp3) is 0.357. The lowest BCUT2D eigenvalue weighted by Gasteiger charge is -2.12. The van der Waals surface area contributed by atoms with Gasteiger partial charge in [-0.05, 0) is 31.0 Å². The van der Waals surface area contributed by atoms with Crippen molar-refractivity contribution in [3.8, 4) is 5.69 Å². The summed E-state index contributed by atoms with van der Waals surface area (Å²) in [6, 6.07) is 5.46. The van der Waals surface area contributed by atoms with Gasteiger partial charge in [0.25, 0.3) is 0 Å². The highest BCUT2D eigenvalue weighted by molar-refractivity contribution is 6.35. The zero-order valence-corrected chi connectivity index (χ0v) is 12.8. The number of hydrogen-bond donors (Lipinski definition) is 1. The van der Waals surface area contributed by atoms with Crippen LogP contribution in [-0.4, -0.2) is 16.1 Å². The van der Waals surface area contributed by atoms with Crippen LogP contribution >= 0.6 is 23.2 Å². The van der Waals surface area contributed by atoms with Crippen LogP contribution in [0.4, 0.5) is 5.95 Å². The molecule has 1 heterocycles. The first kappa shape index (κ1) is 14.2. The van der Waals surface area contributed by atoms with Gasteiger partial charge in [-0.1, -0.05) is 37.0 Å². The van der Waals surface area contributed by atoms with Crippen molar-refractivity contribution >= 4 is 29.2 Å². The molecule has 0 radical (unpaired) electrons. The molecule has 1 N–H and O–H groups in total. The van der Waals surface area contributed by atoms with Gasteiger partial charge in [0.1, 0.15) is 0 Å². The van der Waals surface area contributed by atoms with E-state index in [1.807, 2.05) is 29.8 Å². The normalized spacial score (nSPS) is 11.1. The Bertz CT molecular complexity index is 576. The fourth-order valence-corrected chi connectivity index (χ4v) is 2.28. The SMILES string of the molecule is Cc1cn(-c2ccc(Cl)cc2Cl)c(NCC(C)C)n1. The summed E-state index contributed by atoms with van der Waals surface area (Å²) in [5.41, 5.74) is 1.81. The summed E-state index contributed by atoms with van der Waals surface area (Å²) in [5, 5.41) is 4.57. The fourth-order valence-electron chi connectivity index (χ4n) is 1.78. The van der Waals surface area contributed by atoms with Crippen LogP contribution in [0.1, 0.15) is 19.5 Å². The smallest absolute Gasteiger partial charge is 0.207 e. The third kappa shape index (κ3) is 3.43. The molecule has 1 aromatic carbocycles. The van der Waals surface area contributed by atoms with Crippen LogP contribution in [-0.2, 0) is 0 Å². The van der Waals surface area contributed by atoms with E-state index < -0.39 is 0 Å². The molecule has 0 bridgehead atoms. The summed E-state index contributed by atoms with van der Waals surface area (Å²) in [6.07, 6.45) is 1.96. The average Bonchev–Trinajstić information content (AvgIpc) is 2.67. The minimum atomic E-state index is 0.547. The van der Waals surface area contributed by atoms with Gasteiger partial charge in [0.05, 0.1) is 16.4 Å².